The summed E-state index contributed by atoms with van der Waals surface area (Å²) in [5, 5.41) is 3.37. The first kappa shape index (κ1) is 15.9. The van der Waals surface area contributed by atoms with E-state index in [1.165, 1.54) is 6.26 Å². The lowest BCUT2D eigenvalue weighted by atomic mass is 9.89. The molecule has 5 heteroatoms. The topological polar surface area (TPSA) is 49.4 Å². The zero-order valence-corrected chi connectivity index (χ0v) is 13.0. The summed E-state index contributed by atoms with van der Waals surface area (Å²) in [6.07, 6.45) is 5.71. The average Bonchev–Trinajstić information content (AvgIpc) is 2.26. The minimum Gasteiger partial charge on any atom is -0.317 e. The van der Waals surface area contributed by atoms with Crippen molar-refractivity contribution in [2.45, 2.75) is 45.6 Å². The van der Waals surface area contributed by atoms with Crippen LogP contribution in [-0.2, 0) is 10.0 Å². The van der Waals surface area contributed by atoms with Crippen molar-refractivity contribution in [1.82, 2.24) is 9.62 Å². The third kappa shape index (κ3) is 5.24. The maximum absolute atomic E-state index is 11.6. The monoisotopic (exact) mass is 276 g/mol. The largest absolute Gasteiger partial charge is 0.317 e. The summed E-state index contributed by atoms with van der Waals surface area (Å²) < 4.78 is 24.8. The van der Waals surface area contributed by atoms with Crippen molar-refractivity contribution in [2.24, 2.45) is 11.8 Å². The van der Waals surface area contributed by atoms with Crippen LogP contribution in [0.25, 0.3) is 0 Å². The molecule has 4 nitrogen and oxygen atoms in total. The lowest BCUT2D eigenvalue weighted by Gasteiger charge is -2.33. The molecule has 2 atom stereocenters. The normalized spacial score (nSPS) is 24.4. The molecule has 1 aliphatic rings. The second kappa shape index (κ2) is 6.87. The molecular weight excluding hydrogens is 248 g/mol. The van der Waals surface area contributed by atoms with Crippen molar-refractivity contribution in [1.29, 1.82) is 0 Å². The van der Waals surface area contributed by atoms with Crippen LogP contribution in [0, 0.1) is 11.8 Å². The van der Waals surface area contributed by atoms with Gasteiger partial charge in [-0.1, -0.05) is 13.8 Å². The SMILES string of the molecule is CNC(CC(C)C)CC1CCCN(S(C)(=O)=O)C1. The van der Waals surface area contributed by atoms with Crippen molar-refractivity contribution in [3.63, 3.8) is 0 Å². The molecule has 0 aromatic carbocycles. The molecule has 1 N–H and O–H groups in total. The predicted octanol–water partition coefficient (Wildman–Crippen LogP) is 1.68. The molecule has 1 heterocycles. The first-order chi connectivity index (χ1) is 8.32. The molecular formula is C13H28N2O2S. The van der Waals surface area contributed by atoms with Gasteiger partial charge in [0, 0.05) is 19.1 Å². The van der Waals surface area contributed by atoms with E-state index in [9.17, 15) is 8.42 Å². The van der Waals surface area contributed by atoms with E-state index < -0.39 is 10.0 Å². The van der Waals surface area contributed by atoms with Gasteiger partial charge >= 0.3 is 0 Å². The van der Waals surface area contributed by atoms with Crippen molar-refractivity contribution in [2.75, 3.05) is 26.4 Å². The number of hydrogen-bond acceptors (Lipinski definition) is 3. The Morgan fingerprint density at radius 1 is 1.39 bits per heavy atom. The van der Waals surface area contributed by atoms with Crippen molar-refractivity contribution in [3.05, 3.63) is 0 Å². The Balaban J connectivity index is 2.51. The van der Waals surface area contributed by atoms with Gasteiger partial charge in [0.05, 0.1) is 6.26 Å². The van der Waals surface area contributed by atoms with Gasteiger partial charge in [-0.2, -0.15) is 0 Å². The third-order valence-electron chi connectivity index (χ3n) is 3.73. The first-order valence-corrected chi connectivity index (χ1v) is 8.80. The highest BCUT2D eigenvalue weighted by Crippen LogP contribution is 2.24. The van der Waals surface area contributed by atoms with E-state index in [2.05, 4.69) is 19.2 Å². The van der Waals surface area contributed by atoms with Crippen molar-refractivity contribution < 1.29 is 8.42 Å². The number of nitrogens with one attached hydrogen (secondary N) is 1. The van der Waals surface area contributed by atoms with E-state index in [1.807, 2.05) is 7.05 Å². The summed E-state index contributed by atoms with van der Waals surface area (Å²) in [5.74, 6) is 1.18. The number of rotatable bonds is 6. The summed E-state index contributed by atoms with van der Waals surface area (Å²) >= 11 is 0. The first-order valence-electron chi connectivity index (χ1n) is 6.95. The summed E-state index contributed by atoms with van der Waals surface area (Å²) in [6.45, 7) is 5.86. The Bertz CT molecular complexity index is 341. The molecule has 1 fully saturated rings. The maximum atomic E-state index is 11.6. The summed E-state index contributed by atoms with van der Waals surface area (Å²) in [7, 11) is -1.01. The van der Waals surface area contributed by atoms with Gasteiger partial charge < -0.3 is 5.32 Å². The molecule has 0 spiro atoms. The molecule has 18 heavy (non-hydrogen) atoms. The van der Waals surface area contributed by atoms with E-state index in [-0.39, 0.29) is 0 Å². The van der Waals surface area contributed by atoms with Gasteiger partial charge in [0.1, 0.15) is 0 Å². The van der Waals surface area contributed by atoms with E-state index in [4.69, 9.17) is 0 Å². The van der Waals surface area contributed by atoms with Crippen LogP contribution in [0.4, 0.5) is 0 Å². The summed E-state index contributed by atoms with van der Waals surface area (Å²) in [4.78, 5) is 0. The Kier molecular flexibility index (Phi) is 6.08. The van der Waals surface area contributed by atoms with Crippen LogP contribution >= 0.6 is 0 Å². The number of nitrogens with zero attached hydrogens (tertiary/aromatic N) is 1. The molecule has 1 rings (SSSR count). The quantitative estimate of drug-likeness (QED) is 0.803. The highest BCUT2D eigenvalue weighted by atomic mass is 32.2. The van der Waals surface area contributed by atoms with Crippen LogP contribution in [0.5, 0.6) is 0 Å². The molecule has 1 saturated heterocycles. The molecule has 0 radical (unpaired) electrons. The molecule has 0 aliphatic carbocycles. The van der Waals surface area contributed by atoms with Gasteiger partial charge in [0.25, 0.3) is 0 Å². The Labute approximate surface area is 112 Å². The molecule has 0 bridgehead atoms. The molecule has 0 amide bonds. The second-order valence-corrected chi connectivity index (χ2v) is 7.96. The lowest BCUT2D eigenvalue weighted by molar-refractivity contribution is 0.232. The number of hydrogen-bond donors (Lipinski definition) is 1. The van der Waals surface area contributed by atoms with Gasteiger partial charge in [-0.05, 0) is 44.6 Å². The molecule has 108 valence electrons. The van der Waals surface area contributed by atoms with Crippen molar-refractivity contribution >= 4 is 10.0 Å². The van der Waals surface area contributed by atoms with Crippen LogP contribution in [0.15, 0.2) is 0 Å². The molecule has 1 aliphatic heterocycles. The zero-order valence-electron chi connectivity index (χ0n) is 12.1. The van der Waals surface area contributed by atoms with Gasteiger partial charge in [-0.25, -0.2) is 12.7 Å². The third-order valence-corrected chi connectivity index (χ3v) is 5.00. The summed E-state index contributed by atoms with van der Waals surface area (Å²) in [6, 6.07) is 0.509. The fraction of sp³-hybridized carbons (Fsp3) is 1.00. The van der Waals surface area contributed by atoms with Crippen LogP contribution < -0.4 is 5.32 Å². The molecule has 2 unspecified atom stereocenters. The second-order valence-electron chi connectivity index (χ2n) is 5.98. The fourth-order valence-electron chi connectivity index (χ4n) is 2.82. The summed E-state index contributed by atoms with van der Waals surface area (Å²) in [5.41, 5.74) is 0. The number of piperidine rings is 1. The van der Waals surface area contributed by atoms with E-state index in [0.717, 1.165) is 25.7 Å². The molecule has 0 aromatic heterocycles. The average molecular weight is 276 g/mol. The van der Waals surface area contributed by atoms with E-state index in [0.29, 0.717) is 31.0 Å². The maximum Gasteiger partial charge on any atom is 0.211 e. The molecule has 0 saturated carbocycles. The Morgan fingerprint density at radius 3 is 2.56 bits per heavy atom. The van der Waals surface area contributed by atoms with Crippen LogP contribution in [-0.4, -0.2) is 45.2 Å². The van der Waals surface area contributed by atoms with Crippen molar-refractivity contribution in [3.8, 4) is 0 Å². The van der Waals surface area contributed by atoms with Crippen LogP contribution in [0.3, 0.4) is 0 Å². The standard InChI is InChI=1S/C13H28N2O2S/c1-11(2)8-13(14-3)9-12-6-5-7-15(10-12)18(4,16)17/h11-14H,5-10H2,1-4H3. The predicted molar refractivity (Wildman–Crippen MR) is 76.1 cm³/mol. The van der Waals surface area contributed by atoms with Crippen LogP contribution in [0.1, 0.15) is 39.5 Å². The Morgan fingerprint density at radius 2 is 2.06 bits per heavy atom. The fourth-order valence-corrected chi connectivity index (χ4v) is 3.77. The highest BCUT2D eigenvalue weighted by Gasteiger charge is 2.27. The zero-order chi connectivity index (χ0) is 13.8. The smallest absolute Gasteiger partial charge is 0.211 e. The molecule has 0 aromatic rings. The van der Waals surface area contributed by atoms with Gasteiger partial charge in [0.2, 0.25) is 10.0 Å². The minimum atomic E-state index is -3.01. The van der Waals surface area contributed by atoms with Crippen LogP contribution in [0.2, 0.25) is 0 Å². The van der Waals surface area contributed by atoms with E-state index in [1.54, 1.807) is 4.31 Å². The lowest BCUT2D eigenvalue weighted by Crippen LogP contribution is -2.41. The highest BCUT2D eigenvalue weighted by molar-refractivity contribution is 7.88. The minimum absolute atomic E-state index is 0.504. The Hall–Kier alpha value is -0.130. The van der Waals surface area contributed by atoms with Gasteiger partial charge in [0.15, 0.2) is 0 Å². The number of sulfonamides is 1. The van der Waals surface area contributed by atoms with Gasteiger partial charge in [-0.3, -0.25) is 0 Å². The van der Waals surface area contributed by atoms with E-state index >= 15 is 0 Å². The van der Waals surface area contributed by atoms with Gasteiger partial charge in [-0.15, -0.1) is 0 Å².